The van der Waals surface area contributed by atoms with Gasteiger partial charge in [-0.1, -0.05) is 17.7 Å². The van der Waals surface area contributed by atoms with Crippen LogP contribution in [0.4, 0.5) is 8.78 Å². The van der Waals surface area contributed by atoms with Crippen LogP contribution in [-0.4, -0.2) is 5.52 Å². The molecule has 0 aromatic heterocycles. The lowest BCUT2D eigenvalue weighted by Crippen LogP contribution is -2.24. The van der Waals surface area contributed by atoms with Gasteiger partial charge in [-0.3, -0.25) is 4.79 Å². The Balaban J connectivity index is 2.28. The summed E-state index contributed by atoms with van der Waals surface area (Å²) in [6, 6.07) is 13.8. The summed E-state index contributed by atoms with van der Waals surface area (Å²) in [7, 11) is -3.82. The van der Waals surface area contributed by atoms with Gasteiger partial charge in [-0.25, -0.2) is 8.78 Å². The van der Waals surface area contributed by atoms with Crippen molar-refractivity contribution in [1.82, 2.24) is 0 Å². The molecule has 5 heteroatoms. The molecule has 0 saturated carbocycles. The van der Waals surface area contributed by atoms with E-state index in [-0.39, 0.29) is 10.6 Å². The van der Waals surface area contributed by atoms with Gasteiger partial charge in [-0.2, -0.15) is 0 Å². The van der Waals surface area contributed by atoms with Crippen LogP contribution in [0.2, 0.25) is 0 Å². The van der Waals surface area contributed by atoms with Crippen molar-refractivity contribution < 1.29 is 18.1 Å². The van der Waals surface area contributed by atoms with E-state index in [0.717, 1.165) is 16.7 Å². The molecular formula is C22H19F2O2P. The molecule has 27 heavy (non-hydrogen) atoms. The Morgan fingerprint density at radius 3 is 1.48 bits per heavy atom. The van der Waals surface area contributed by atoms with E-state index < -0.39 is 24.3 Å². The summed E-state index contributed by atoms with van der Waals surface area (Å²) in [4.78, 5) is 13.5. The minimum Gasteiger partial charge on any atom is -0.305 e. The maximum absolute atomic E-state index is 14.1. The van der Waals surface area contributed by atoms with E-state index in [1.54, 1.807) is 13.8 Å². The first-order valence-electron chi connectivity index (χ1n) is 8.48. The third-order valence-corrected chi connectivity index (χ3v) is 7.40. The Hall–Kier alpha value is -2.58. The molecule has 0 amide bonds. The smallest absolute Gasteiger partial charge is 0.230 e. The number of aryl methyl sites for hydroxylation is 3. The fraction of sp³-hybridized carbons (Fsp3) is 0.136. The highest BCUT2D eigenvalue weighted by Gasteiger charge is 2.38. The average molecular weight is 384 g/mol. The number of hydrogen-bond acceptors (Lipinski definition) is 2. The second kappa shape index (κ2) is 7.21. The lowest BCUT2D eigenvalue weighted by atomic mass is 10.0. The number of benzene rings is 3. The molecule has 0 aliphatic carbocycles. The second-order valence-corrected chi connectivity index (χ2v) is 9.30. The number of carbonyl (C=O) groups is 1. The van der Waals surface area contributed by atoms with E-state index in [4.69, 9.17) is 0 Å². The molecule has 0 bridgehead atoms. The molecule has 0 radical (unpaired) electrons. The molecule has 0 spiro atoms. The van der Waals surface area contributed by atoms with Gasteiger partial charge in [0.15, 0.2) is 0 Å². The minimum absolute atomic E-state index is 0.222. The van der Waals surface area contributed by atoms with Gasteiger partial charge in [0.2, 0.25) is 12.7 Å². The van der Waals surface area contributed by atoms with Crippen LogP contribution in [0.25, 0.3) is 0 Å². The standard InChI is InChI=1S/C22H19F2O2P/c1-14-12-15(2)21(16(3)13-14)22(25)27(26,19-8-4-17(23)5-9-19)20-10-6-18(24)7-11-20/h4-13H,1-3H3. The molecule has 0 atom stereocenters. The predicted octanol–water partition coefficient (Wildman–Crippen LogP) is 5.04. The highest BCUT2D eigenvalue weighted by atomic mass is 31.2. The minimum atomic E-state index is -3.82. The van der Waals surface area contributed by atoms with E-state index in [2.05, 4.69) is 0 Å². The zero-order valence-electron chi connectivity index (χ0n) is 15.3. The van der Waals surface area contributed by atoms with Crippen molar-refractivity contribution in [3.05, 3.63) is 94.6 Å². The zero-order valence-corrected chi connectivity index (χ0v) is 16.2. The van der Waals surface area contributed by atoms with E-state index in [1.807, 2.05) is 19.1 Å². The highest BCUT2D eigenvalue weighted by molar-refractivity contribution is 7.93. The van der Waals surface area contributed by atoms with Crippen LogP contribution in [0, 0.1) is 32.4 Å². The van der Waals surface area contributed by atoms with Crippen LogP contribution >= 0.6 is 7.14 Å². The maximum atomic E-state index is 14.1. The topological polar surface area (TPSA) is 34.1 Å². The summed E-state index contributed by atoms with van der Waals surface area (Å²) in [5, 5.41) is 0.444. The van der Waals surface area contributed by atoms with Gasteiger partial charge in [-0.05, 0) is 80.4 Å². The number of rotatable bonds is 4. The Kier molecular flexibility index (Phi) is 5.12. The monoisotopic (exact) mass is 384 g/mol. The Labute approximate surface area is 157 Å². The van der Waals surface area contributed by atoms with Gasteiger partial charge in [-0.15, -0.1) is 0 Å². The summed E-state index contributed by atoms with van der Waals surface area (Å²) in [6.45, 7) is 5.52. The molecule has 138 valence electrons. The van der Waals surface area contributed by atoms with Crippen molar-refractivity contribution in [2.45, 2.75) is 20.8 Å². The van der Waals surface area contributed by atoms with Gasteiger partial charge in [0.25, 0.3) is 0 Å². The molecule has 0 saturated heterocycles. The normalized spacial score (nSPS) is 11.4. The van der Waals surface area contributed by atoms with Crippen LogP contribution in [0.15, 0.2) is 60.7 Å². The first-order valence-corrected chi connectivity index (χ1v) is 10.2. The Morgan fingerprint density at radius 1 is 0.741 bits per heavy atom. The molecule has 0 aliphatic rings. The van der Waals surface area contributed by atoms with Crippen molar-refractivity contribution in [3.8, 4) is 0 Å². The van der Waals surface area contributed by atoms with Crippen molar-refractivity contribution >= 4 is 23.3 Å². The van der Waals surface area contributed by atoms with Gasteiger partial charge < -0.3 is 4.57 Å². The van der Waals surface area contributed by atoms with Crippen LogP contribution < -0.4 is 10.6 Å². The maximum Gasteiger partial charge on any atom is 0.230 e. The zero-order chi connectivity index (χ0) is 19.8. The molecule has 3 rings (SSSR count). The number of halogens is 2. The summed E-state index contributed by atoms with van der Waals surface area (Å²) < 4.78 is 40.9. The van der Waals surface area contributed by atoms with Gasteiger partial charge in [0, 0.05) is 16.2 Å². The van der Waals surface area contributed by atoms with Crippen LogP contribution in [0.3, 0.4) is 0 Å². The molecule has 0 N–H and O–H groups in total. The van der Waals surface area contributed by atoms with E-state index in [1.165, 1.54) is 48.5 Å². The number of hydrogen-bond donors (Lipinski definition) is 0. The number of carbonyl (C=O) groups excluding carboxylic acids is 1. The summed E-state index contributed by atoms with van der Waals surface area (Å²) in [5.41, 5.74) is 2.30. The lowest BCUT2D eigenvalue weighted by Gasteiger charge is -2.20. The highest BCUT2D eigenvalue weighted by Crippen LogP contribution is 2.48. The third-order valence-electron chi connectivity index (χ3n) is 4.56. The van der Waals surface area contributed by atoms with E-state index in [9.17, 15) is 18.1 Å². The SMILES string of the molecule is Cc1cc(C)c(C(=O)P(=O)(c2ccc(F)cc2)c2ccc(F)cc2)c(C)c1. The van der Waals surface area contributed by atoms with Crippen LogP contribution in [0.5, 0.6) is 0 Å². The first kappa shape index (κ1) is 19.2. The molecule has 2 nitrogen and oxygen atoms in total. The molecule has 0 fully saturated rings. The fourth-order valence-corrected chi connectivity index (χ4v) is 5.93. The van der Waals surface area contributed by atoms with Gasteiger partial charge in [0.1, 0.15) is 11.6 Å². The summed E-state index contributed by atoms with van der Waals surface area (Å²) in [5.74, 6) is -0.973. The molecule has 0 heterocycles. The fourth-order valence-electron chi connectivity index (χ4n) is 3.36. The van der Waals surface area contributed by atoms with Crippen LogP contribution in [-0.2, 0) is 4.57 Å². The summed E-state index contributed by atoms with van der Waals surface area (Å²) in [6.07, 6.45) is 0. The van der Waals surface area contributed by atoms with Crippen molar-refractivity contribution in [2.75, 3.05) is 0 Å². The summed E-state index contributed by atoms with van der Waals surface area (Å²) >= 11 is 0. The average Bonchev–Trinajstić information content (AvgIpc) is 2.61. The van der Waals surface area contributed by atoms with Gasteiger partial charge in [0.05, 0.1) is 0 Å². The predicted molar refractivity (Wildman–Crippen MR) is 105 cm³/mol. The Bertz CT molecular complexity index is 982. The largest absolute Gasteiger partial charge is 0.305 e. The third kappa shape index (κ3) is 3.50. The molecule has 0 aliphatic heterocycles. The van der Waals surface area contributed by atoms with E-state index in [0.29, 0.717) is 5.56 Å². The lowest BCUT2D eigenvalue weighted by molar-refractivity contribution is 0.107. The quantitative estimate of drug-likeness (QED) is 0.591. The van der Waals surface area contributed by atoms with Crippen molar-refractivity contribution in [3.63, 3.8) is 0 Å². The van der Waals surface area contributed by atoms with Crippen molar-refractivity contribution in [1.29, 1.82) is 0 Å². The molecule has 0 unspecified atom stereocenters. The Morgan fingerprint density at radius 2 is 1.11 bits per heavy atom. The first-order chi connectivity index (χ1) is 12.7. The van der Waals surface area contributed by atoms with E-state index >= 15 is 0 Å². The van der Waals surface area contributed by atoms with Gasteiger partial charge >= 0.3 is 0 Å². The van der Waals surface area contributed by atoms with Crippen LogP contribution in [0.1, 0.15) is 27.0 Å². The second-order valence-electron chi connectivity index (χ2n) is 6.64. The molecule has 3 aromatic carbocycles. The molecule has 3 aromatic rings. The van der Waals surface area contributed by atoms with Crippen molar-refractivity contribution in [2.24, 2.45) is 0 Å². The molecular weight excluding hydrogens is 365 g/mol.